The summed E-state index contributed by atoms with van der Waals surface area (Å²) in [5.74, 6) is -4.09. The average molecular weight is 481 g/mol. The number of hydrogen-bond acceptors (Lipinski definition) is 6. The average Bonchev–Trinajstić information content (AvgIpc) is 2.98. The van der Waals surface area contributed by atoms with E-state index in [1.165, 1.54) is 18.2 Å². The Kier molecular flexibility index (Phi) is 5.57. The maximum atomic E-state index is 17.2. The second kappa shape index (κ2) is 7.57. The molecular weight excluding hydrogens is 451 g/mol. The van der Waals surface area contributed by atoms with Gasteiger partial charge in [-0.2, -0.15) is 0 Å². The first-order valence-electron chi connectivity index (χ1n) is 11.5. The van der Waals surface area contributed by atoms with Crippen LogP contribution in [0.3, 0.4) is 0 Å². The zero-order chi connectivity index (χ0) is 24.6. The summed E-state index contributed by atoms with van der Waals surface area (Å²) in [6, 6.07) is 0. The summed E-state index contributed by atoms with van der Waals surface area (Å²) in [5.41, 5.74) is -6.37. The summed E-state index contributed by atoms with van der Waals surface area (Å²) in [4.78, 5) is 50.8. The molecule has 180 valence electrons. The van der Waals surface area contributed by atoms with E-state index in [9.17, 15) is 24.3 Å². The summed E-state index contributed by atoms with van der Waals surface area (Å²) in [6.07, 6.45) is 2.29. The van der Waals surface area contributed by atoms with Crippen molar-refractivity contribution < 1.29 is 33.4 Å². The maximum Gasteiger partial charge on any atom is 0.306 e. The molecule has 8 atom stereocenters. The van der Waals surface area contributed by atoms with Gasteiger partial charge in [-0.15, -0.1) is 11.6 Å². The number of esters is 1. The van der Waals surface area contributed by atoms with Crippen molar-refractivity contribution >= 4 is 34.9 Å². The highest BCUT2D eigenvalue weighted by Gasteiger charge is 2.77. The Hall–Kier alpha value is -1.86. The predicted molar refractivity (Wildman–Crippen MR) is 118 cm³/mol. The number of ketones is 3. The van der Waals surface area contributed by atoms with Crippen LogP contribution in [0.15, 0.2) is 23.8 Å². The molecule has 3 saturated carbocycles. The maximum absolute atomic E-state index is 17.2. The third kappa shape index (κ3) is 2.81. The van der Waals surface area contributed by atoms with Gasteiger partial charge in [0.15, 0.2) is 28.6 Å². The van der Waals surface area contributed by atoms with Gasteiger partial charge in [-0.25, -0.2) is 4.39 Å². The van der Waals surface area contributed by atoms with Crippen molar-refractivity contribution in [1.29, 1.82) is 0 Å². The quantitative estimate of drug-likeness (QED) is 0.490. The third-order valence-corrected chi connectivity index (χ3v) is 9.37. The Morgan fingerprint density at radius 1 is 1.27 bits per heavy atom. The van der Waals surface area contributed by atoms with Gasteiger partial charge < -0.3 is 9.84 Å². The van der Waals surface area contributed by atoms with E-state index in [0.717, 1.165) is 0 Å². The first-order chi connectivity index (χ1) is 15.3. The first-order valence-corrected chi connectivity index (χ1v) is 12.0. The van der Waals surface area contributed by atoms with Gasteiger partial charge in [-0.1, -0.05) is 26.8 Å². The highest BCUT2D eigenvalue weighted by molar-refractivity contribution is 6.29. The van der Waals surface area contributed by atoms with Crippen LogP contribution >= 0.6 is 11.6 Å². The van der Waals surface area contributed by atoms with Crippen LogP contribution in [0.2, 0.25) is 0 Å². The molecule has 4 aliphatic rings. The molecule has 2 unspecified atom stereocenters. The fourth-order valence-corrected chi connectivity index (χ4v) is 7.78. The number of fused-ring (bicyclic) bond motifs is 5. The molecule has 3 fully saturated rings. The zero-order valence-electron chi connectivity index (χ0n) is 19.3. The monoisotopic (exact) mass is 480 g/mol. The topological polar surface area (TPSA) is 97.7 Å². The van der Waals surface area contributed by atoms with Crippen LogP contribution in [0.5, 0.6) is 0 Å². The minimum Gasteiger partial charge on any atom is -0.450 e. The third-order valence-electron chi connectivity index (χ3n) is 9.12. The van der Waals surface area contributed by atoms with E-state index in [2.05, 4.69) is 0 Å². The molecule has 33 heavy (non-hydrogen) atoms. The summed E-state index contributed by atoms with van der Waals surface area (Å²) in [5, 5.41) is 11.4. The lowest BCUT2D eigenvalue weighted by atomic mass is 9.44. The number of aliphatic hydroxyl groups excluding tert-OH is 1. The Morgan fingerprint density at radius 3 is 2.55 bits per heavy atom. The predicted octanol–water partition coefficient (Wildman–Crippen LogP) is 3.28. The van der Waals surface area contributed by atoms with Gasteiger partial charge in [0.05, 0.1) is 17.4 Å². The zero-order valence-corrected chi connectivity index (χ0v) is 20.1. The summed E-state index contributed by atoms with van der Waals surface area (Å²) >= 11 is 5.98. The second-order valence-electron chi connectivity index (χ2n) is 10.5. The van der Waals surface area contributed by atoms with E-state index >= 15 is 4.39 Å². The molecule has 0 radical (unpaired) electrons. The minimum atomic E-state index is -2.23. The van der Waals surface area contributed by atoms with Gasteiger partial charge in [-0.3, -0.25) is 19.2 Å². The number of alkyl halides is 2. The molecule has 8 heteroatoms. The number of allylic oxidation sites excluding steroid dienone is 4. The van der Waals surface area contributed by atoms with Crippen LogP contribution in [-0.4, -0.2) is 51.7 Å². The Morgan fingerprint density at radius 2 is 1.94 bits per heavy atom. The number of halogens is 2. The molecule has 0 aromatic carbocycles. The number of carbonyl (C=O) groups excluding carboxylic acids is 4. The SMILES string of the molecule is CCC(=O)O[C@]1(C(=O)CCl)C(C)C[C@H]2[C@@H]3CC(=O)C4=CC(=O)C=C[C@]4(C)[C@@]3(F)C(O)C[C@@]21C. The number of Topliss-reactive ketones (excluding diaryl/α,β-unsaturated/α-hetero) is 2. The molecule has 0 amide bonds. The summed E-state index contributed by atoms with van der Waals surface area (Å²) in [6.45, 7) is 6.69. The molecule has 0 aliphatic heterocycles. The Bertz CT molecular complexity index is 1000. The number of ether oxygens (including phenoxy) is 1. The number of rotatable bonds is 4. The molecule has 4 rings (SSSR count). The van der Waals surface area contributed by atoms with Crippen LogP contribution in [0.4, 0.5) is 4.39 Å². The molecule has 0 aromatic heterocycles. The van der Waals surface area contributed by atoms with Crippen molar-refractivity contribution in [3.8, 4) is 0 Å². The molecule has 0 spiro atoms. The van der Waals surface area contributed by atoms with Crippen LogP contribution in [0, 0.1) is 28.6 Å². The molecular formula is C25H30ClFO6. The molecule has 0 saturated heterocycles. The molecule has 4 aliphatic carbocycles. The van der Waals surface area contributed by atoms with Crippen LogP contribution in [0.25, 0.3) is 0 Å². The fraction of sp³-hybridized carbons (Fsp3) is 0.680. The van der Waals surface area contributed by atoms with Crippen molar-refractivity contribution in [2.24, 2.45) is 28.6 Å². The van der Waals surface area contributed by atoms with Crippen LogP contribution in [0.1, 0.15) is 53.4 Å². The van der Waals surface area contributed by atoms with E-state index < -0.39 is 57.7 Å². The normalized spacial score (nSPS) is 46.2. The lowest BCUT2D eigenvalue weighted by molar-refractivity contribution is -0.225. The molecule has 0 aromatic rings. The Labute approximate surface area is 197 Å². The van der Waals surface area contributed by atoms with E-state index in [-0.39, 0.29) is 42.3 Å². The van der Waals surface area contributed by atoms with Crippen LogP contribution in [-0.2, 0) is 23.9 Å². The van der Waals surface area contributed by atoms with Gasteiger partial charge in [0, 0.05) is 35.7 Å². The lowest BCUT2D eigenvalue weighted by Crippen LogP contribution is -2.71. The number of aliphatic hydroxyl groups is 1. The molecule has 0 bridgehead atoms. The van der Waals surface area contributed by atoms with Crippen molar-refractivity contribution in [2.45, 2.75) is 70.8 Å². The molecule has 1 N–H and O–H groups in total. The van der Waals surface area contributed by atoms with E-state index in [4.69, 9.17) is 16.3 Å². The van der Waals surface area contributed by atoms with Gasteiger partial charge in [-0.05, 0) is 37.8 Å². The minimum absolute atomic E-state index is 0.0490. The largest absolute Gasteiger partial charge is 0.450 e. The summed E-state index contributed by atoms with van der Waals surface area (Å²) in [7, 11) is 0. The van der Waals surface area contributed by atoms with E-state index in [1.54, 1.807) is 27.7 Å². The van der Waals surface area contributed by atoms with Crippen molar-refractivity contribution in [1.82, 2.24) is 0 Å². The first kappa shape index (κ1) is 24.3. The highest BCUT2D eigenvalue weighted by atomic mass is 35.5. The fourth-order valence-electron chi connectivity index (χ4n) is 7.58. The van der Waals surface area contributed by atoms with Gasteiger partial charge in [0.1, 0.15) is 0 Å². The standard InChI is InChI=1S/C25H30ClFO6/c1-5-21(32)33-25(20(31)12-26)13(2)8-15-16-10-18(29)17-9-14(28)6-7-22(17,3)24(16,27)19(30)11-23(15,25)4/h6-7,9,13,15-16,19,30H,5,8,10-12H2,1-4H3/t13?,15-,16-,19?,22-,23-,24-,25-/m0/s1. The van der Waals surface area contributed by atoms with Gasteiger partial charge >= 0.3 is 5.97 Å². The number of hydrogen-bond donors (Lipinski definition) is 1. The van der Waals surface area contributed by atoms with Crippen molar-refractivity contribution in [2.75, 3.05) is 5.88 Å². The van der Waals surface area contributed by atoms with Crippen molar-refractivity contribution in [3.05, 3.63) is 23.8 Å². The summed E-state index contributed by atoms with van der Waals surface area (Å²) < 4.78 is 23.1. The van der Waals surface area contributed by atoms with Crippen molar-refractivity contribution in [3.63, 3.8) is 0 Å². The highest BCUT2D eigenvalue weighted by Crippen LogP contribution is 2.71. The second-order valence-corrected chi connectivity index (χ2v) is 10.8. The molecule has 6 nitrogen and oxygen atoms in total. The lowest BCUT2D eigenvalue weighted by Gasteiger charge is -2.62. The van der Waals surface area contributed by atoms with E-state index in [1.807, 2.05) is 0 Å². The Balaban J connectivity index is 1.89. The number of carbonyl (C=O) groups is 4. The van der Waals surface area contributed by atoms with Gasteiger partial charge in [0.25, 0.3) is 0 Å². The van der Waals surface area contributed by atoms with Gasteiger partial charge in [0.2, 0.25) is 0 Å². The smallest absolute Gasteiger partial charge is 0.306 e. The molecule has 0 heterocycles. The van der Waals surface area contributed by atoms with Crippen LogP contribution < -0.4 is 0 Å². The van der Waals surface area contributed by atoms with E-state index in [0.29, 0.717) is 6.42 Å².